The average molecular weight is 239 g/mol. The minimum Gasteiger partial charge on any atom is -0.298 e. The molecule has 88 valence electrons. The Hall–Kier alpha value is -0.820. The molecule has 0 amide bonds. The van der Waals surface area contributed by atoms with E-state index in [1.54, 1.807) is 0 Å². The number of ketones is 1. The van der Waals surface area contributed by atoms with E-state index >= 15 is 0 Å². The van der Waals surface area contributed by atoms with Gasteiger partial charge in [-0.2, -0.15) is 0 Å². The fourth-order valence-corrected chi connectivity index (χ4v) is 1.66. The van der Waals surface area contributed by atoms with Crippen molar-refractivity contribution < 1.29 is 4.79 Å². The number of benzene rings is 1. The fourth-order valence-electron chi connectivity index (χ4n) is 1.52. The third kappa shape index (κ3) is 3.97. The minimum absolute atomic E-state index is 0.113. The van der Waals surface area contributed by atoms with E-state index in [4.69, 9.17) is 11.6 Å². The number of aryl methyl sites for hydroxylation is 1. The number of Topliss-reactive ketones (excluding diaryl/α,β-unsaturated/α-hetero) is 1. The molecule has 0 saturated heterocycles. The summed E-state index contributed by atoms with van der Waals surface area (Å²) in [5, 5.41) is 0. The number of carbonyl (C=O) groups is 1. The van der Waals surface area contributed by atoms with Gasteiger partial charge in [0.1, 0.15) is 5.78 Å². The Balaban J connectivity index is 2.62. The summed E-state index contributed by atoms with van der Waals surface area (Å²) in [6.45, 7) is 6.58. The molecule has 0 fully saturated rings. The van der Waals surface area contributed by atoms with Crippen LogP contribution in [0.3, 0.4) is 0 Å². The van der Waals surface area contributed by atoms with E-state index in [0.29, 0.717) is 6.42 Å². The molecular weight excluding hydrogens is 220 g/mol. The Bertz CT molecular complexity index is 346. The van der Waals surface area contributed by atoms with Crippen LogP contribution >= 0.6 is 11.6 Å². The summed E-state index contributed by atoms with van der Waals surface area (Å²) in [5.74, 6) is 0.238. The predicted octanol–water partition coefficient (Wildman–Crippen LogP) is 3.72. The Labute approximate surface area is 103 Å². The molecule has 1 aromatic carbocycles. The monoisotopic (exact) mass is 238 g/mol. The summed E-state index contributed by atoms with van der Waals surface area (Å²) >= 11 is 5.45. The van der Waals surface area contributed by atoms with Gasteiger partial charge in [-0.05, 0) is 23.0 Å². The maximum Gasteiger partial charge on any atom is 0.147 e. The molecule has 0 aliphatic rings. The maximum absolute atomic E-state index is 11.1. The number of rotatable bonds is 4. The van der Waals surface area contributed by atoms with Gasteiger partial charge in [0.2, 0.25) is 0 Å². The lowest BCUT2D eigenvalue weighted by Gasteiger charge is -2.19. The summed E-state index contributed by atoms with van der Waals surface area (Å²) in [5.41, 5.74) is 2.70. The molecule has 1 rings (SSSR count). The van der Waals surface area contributed by atoms with E-state index in [1.807, 2.05) is 0 Å². The quantitative estimate of drug-likeness (QED) is 0.731. The highest BCUT2D eigenvalue weighted by Crippen LogP contribution is 2.22. The largest absolute Gasteiger partial charge is 0.298 e. The summed E-state index contributed by atoms with van der Waals surface area (Å²) in [4.78, 5) is 11.1. The van der Waals surface area contributed by atoms with E-state index in [2.05, 4.69) is 45.0 Å². The maximum atomic E-state index is 11.1. The van der Waals surface area contributed by atoms with Crippen LogP contribution in [0, 0.1) is 0 Å². The predicted molar refractivity (Wildman–Crippen MR) is 69.2 cm³/mol. The van der Waals surface area contributed by atoms with Crippen LogP contribution < -0.4 is 0 Å². The number of hydrogen-bond acceptors (Lipinski definition) is 1. The Morgan fingerprint density at radius 1 is 1.19 bits per heavy atom. The number of carbonyl (C=O) groups excluding carboxylic acids is 1. The molecular formula is C14H19ClO. The highest BCUT2D eigenvalue weighted by atomic mass is 35.5. The van der Waals surface area contributed by atoms with Crippen LogP contribution in [0.1, 0.15) is 38.3 Å². The van der Waals surface area contributed by atoms with Crippen LogP contribution in [-0.2, 0) is 16.6 Å². The van der Waals surface area contributed by atoms with Crippen molar-refractivity contribution in [1.82, 2.24) is 0 Å². The second-order valence-corrected chi connectivity index (χ2v) is 5.39. The zero-order valence-corrected chi connectivity index (χ0v) is 11.0. The molecule has 16 heavy (non-hydrogen) atoms. The molecule has 0 aromatic heterocycles. The Morgan fingerprint density at radius 2 is 1.75 bits per heavy atom. The first-order chi connectivity index (χ1) is 7.43. The first kappa shape index (κ1) is 13.2. The fraction of sp³-hybridized carbons (Fsp3) is 0.500. The summed E-state index contributed by atoms with van der Waals surface area (Å²) < 4.78 is 0. The second-order valence-electron chi connectivity index (χ2n) is 5.12. The van der Waals surface area contributed by atoms with Crippen LogP contribution in [-0.4, -0.2) is 11.7 Å². The van der Waals surface area contributed by atoms with Crippen LogP contribution in [0.4, 0.5) is 0 Å². The molecule has 0 heterocycles. The van der Waals surface area contributed by atoms with Crippen molar-refractivity contribution in [3.05, 3.63) is 35.4 Å². The average Bonchev–Trinajstić information content (AvgIpc) is 2.25. The van der Waals surface area contributed by atoms with Crippen molar-refractivity contribution >= 4 is 17.4 Å². The molecule has 1 aromatic rings. The normalized spacial score (nSPS) is 11.5. The molecule has 1 nitrogen and oxygen atoms in total. The van der Waals surface area contributed by atoms with Crippen LogP contribution in [0.5, 0.6) is 0 Å². The summed E-state index contributed by atoms with van der Waals surface area (Å²) in [6.07, 6.45) is 1.33. The van der Waals surface area contributed by atoms with Gasteiger partial charge in [-0.25, -0.2) is 0 Å². The zero-order chi connectivity index (χ0) is 12.2. The van der Waals surface area contributed by atoms with Gasteiger partial charge in [0.15, 0.2) is 0 Å². The zero-order valence-electron chi connectivity index (χ0n) is 10.2. The van der Waals surface area contributed by atoms with Gasteiger partial charge in [-0.15, -0.1) is 11.6 Å². The van der Waals surface area contributed by atoms with E-state index in [1.165, 1.54) is 11.1 Å². The first-order valence-electron chi connectivity index (χ1n) is 5.60. The lowest BCUT2D eigenvalue weighted by Crippen LogP contribution is -2.10. The van der Waals surface area contributed by atoms with Crippen molar-refractivity contribution in [2.24, 2.45) is 0 Å². The molecule has 0 aliphatic carbocycles. The summed E-state index contributed by atoms with van der Waals surface area (Å²) in [6, 6.07) is 8.48. The third-order valence-corrected chi connectivity index (χ3v) is 2.96. The van der Waals surface area contributed by atoms with Gasteiger partial charge in [-0.1, -0.05) is 45.0 Å². The summed E-state index contributed by atoms with van der Waals surface area (Å²) in [7, 11) is 0. The lowest BCUT2D eigenvalue weighted by molar-refractivity contribution is -0.116. The van der Waals surface area contributed by atoms with E-state index < -0.39 is 0 Å². The van der Waals surface area contributed by atoms with Crippen molar-refractivity contribution in [3.8, 4) is 0 Å². The molecule has 0 N–H and O–H groups in total. The number of halogens is 1. The number of alkyl halides is 1. The smallest absolute Gasteiger partial charge is 0.147 e. The lowest BCUT2D eigenvalue weighted by atomic mass is 9.86. The Morgan fingerprint density at radius 3 is 2.19 bits per heavy atom. The second kappa shape index (κ2) is 5.49. The first-order valence-corrected chi connectivity index (χ1v) is 6.14. The van der Waals surface area contributed by atoms with E-state index in [-0.39, 0.29) is 17.1 Å². The van der Waals surface area contributed by atoms with Gasteiger partial charge < -0.3 is 0 Å². The van der Waals surface area contributed by atoms with Gasteiger partial charge in [0.25, 0.3) is 0 Å². The third-order valence-electron chi connectivity index (χ3n) is 2.66. The number of hydrogen-bond donors (Lipinski definition) is 0. The van der Waals surface area contributed by atoms with E-state index in [0.717, 1.165) is 6.42 Å². The van der Waals surface area contributed by atoms with Crippen molar-refractivity contribution in [2.75, 3.05) is 5.88 Å². The molecule has 0 radical (unpaired) electrons. The van der Waals surface area contributed by atoms with Gasteiger partial charge in [0.05, 0.1) is 5.88 Å². The topological polar surface area (TPSA) is 17.1 Å². The van der Waals surface area contributed by atoms with Crippen LogP contribution in [0.15, 0.2) is 24.3 Å². The van der Waals surface area contributed by atoms with Crippen molar-refractivity contribution in [3.63, 3.8) is 0 Å². The molecule has 0 saturated carbocycles. The molecule has 0 unspecified atom stereocenters. The molecule has 0 bridgehead atoms. The molecule has 0 aliphatic heterocycles. The molecule has 2 heteroatoms. The van der Waals surface area contributed by atoms with Crippen molar-refractivity contribution in [2.45, 2.75) is 39.0 Å². The Kier molecular flexibility index (Phi) is 4.55. The van der Waals surface area contributed by atoms with Gasteiger partial charge in [-0.3, -0.25) is 4.79 Å². The molecule has 0 atom stereocenters. The van der Waals surface area contributed by atoms with Crippen molar-refractivity contribution in [1.29, 1.82) is 0 Å². The van der Waals surface area contributed by atoms with Gasteiger partial charge >= 0.3 is 0 Å². The minimum atomic E-state index is 0.113. The molecule has 0 spiro atoms. The van der Waals surface area contributed by atoms with Crippen LogP contribution in [0.2, 0.25) is 0 Å². The standard InChI is InChI=1S/C14H19ClO/c1-14(2,3)12-7-4-11(5-8-12)6-9-13(16)10-15/h4-5,7-8H,6,9-10H2,1-3H3. The highest BCUT2D eigenvalue weighted by molar-refractivity contribution is 6.27. The SMILES string of the molecule is CC(C)(C)c1ccc(CCC(=O)CCl)cc1. The van der Waals surface area contributed by atoms with Gasteiger partial charge in [0, 0.05) is 6.42 Å². The van der Waals surface area contributed by atoms with E-state index in [9.17, 15) is 4.79 Å². The van der Waals surface area contributed by atoms with Crippen LogP contribution in [0.25, 0.3) is 0 Å². The highest BCUT2D eigenvalue weighted by Gasteiger charge is 2.12.